The third-order valence-electron chi connectivity index (χ3n) is 2.63. The van der Waals surface area contributed by atoms with Gasteiger partial charge in [0.15, 0.2) is 0 Å². The number of piperidine rings is 1. The van der Waals surface area contributed by atoms with Gasteiger partial charge in [-0.3, -0.25) is 4.79 Å². The first-order valence-corrected chi connectivity index (χ1v) is 4.82. The molecule has 1 fully saturated rings. The summed E-state index contributed by atoms with van der Waals surface area (Å²) in [6, 6.07) is 0. The number of nitrogens with two attached hydrogens (primary N) is 1. The zero-order valence-corrected chi connectivity index (χ0v) is 9.40. The molecule has 0 radical (unpaired) electrons. The fourth-order valence-corrected chi connectivity index (χ4v) is 1.75. The van der Waals surface area contributed by atoms with E-state index in [4.69, 9.17) is 10.8 Å². The van der Waals surface area contributed by atoms with Gasteiger partial charge < -0.3 is 15.7 Å². The van der Waals surface area contributed by atoms with Gasteiger partial charge in [-0.2, -0.15) is 4.98 Å². The highest BCUT2D eigenvalue weighted by atomic mass is 35.5. The van der Waals surface area contributed by atoms with E-state index in [0.717, 1.165) is 0 Å². The van der Waals surface area contributed by atoms with Crippen LogP contribution < -0.4 is 10.6 Å². The van der Waals surface area contributed by atoms with Crippen molar-refractivity contribution >= 4 is 30.3 Å². The number of aliphatic carboxylic acids is 1. The van der Waals surface area contributed by atoms with Crippen LogP contribution in [0.25, 0.3) is 0 Å². The van der Waals surface area contributed by atoms with Gasteiger partial charge in [0.2, 0.25) is 11.9 Å². The Bertz CT molecular complexity index is 361. The summed E-state index contributed by atoms with van der Waals surface area (Å²) in [6.45, 7) is 1.34. The molecule has 90 valence electrons. The van der Waals surface area contributed by atoms with Crippen molar-refractivity contribution in [1.82, 2.24) is 15.2 Å². The molecule has 0 bridgehead atoms. The number of hydrogen-bond acceptors (Lipinski definition) is 5. The fourth-order valence-electron chi connectivity index (χ4n) is 1.75. The molecule has 8 heteroatoms. The van der Waals surface area contributed by atoms with E-state index in [1.807, 2.05) is 4.90 Å². The van der Waals surface area contributed by atoms with E-state index in [9.17, 15) is 4.79 Å². The Labute approximate surface area is 98.4 Å². The lowest BCUT2D eigenvalue weighted by atomic mass is 9.97. The summed E-state index contributed by atoms with van der Waals surface area (Å²) in [4.78, 5) is 16.7. The lowest BCUT2D eigenvalue weighted by Gasteiger charge is -2.29. The minimum absolute atomic E-state index is 0. The quantitative estimate of drug-likeness (QED) is 0.685. The van der Waals surface area contributed by atoms with Gasteiger partial charge in [-0.05, 0) is 12.8 Å². The first-order chi connectivity index (χ1) is 7.16. The largest absolute Gasteiger partial charge is 0.481 e. The summed E-state index contributed by atoms with van der Waals surface area (Å²) in [7, 11) is 0. The topological polar surface area (TPSA) is 108 Å². The molecular formula is C8H14ClN5O2. The van der Waals surface area contributed by atoms with Gasteiger partial charge in [-0.1, -0.05) is 0 Å². The number of rotatable bonds is 2. The highest BCUT2D eigenvalue weighted by molar-refractivity contribution is 5.85. The van der Waals surface area contributed by atoms with E-state index in [2.05, 4.69) is 15.2 Å². The number of nitrogen functional groups attached to an aromatic ring is 1. The molecule has 0 aromatic carbocycles. The summed E-state index contributed by atoms with van der Waals surface area (Å²) in [6.07, 6.45) is 1.27. The monoisotopic (exact) mass is 247 g/mol. The van der Waals surface area contributed by atoms with Gasteiger partial charge in [0.1, 0.15) is 0 Å². The second-order valence-corrected chi connectivity index (χ2v) is 3.62. The number of aromatic amines is 1. The average Bonchev–Trinajstić information content (AvgIpc) is 2.65. The van der Waals surface area contributed by atoms with Crippen LogP contribution in [0.2, 0.25) is 0 Å². The maximum Gasteiger partial charge on any atom is 0.306 e. The summed E-state index contributed by atoms with van der Waals surface area (Å²) in [5, 5.41) is 15.3. The van der Waals surface area contributed by atoms with Gasteiger partial charge in [-0.25, -0.2) is 5.10 Å². The number of nitrogens with one attached hydrogen (secondary N) is 1. The molecule has 1 saturated heterocycles. The van der Waals surface area contributed by atoms with Gasteiger partial charge >= 0.3 is 5.97 Å². The molecule has 0 unspecified atom stereocenters. The van der Waals surface area contributed by atoms with Gasteiger partial charge in [0, 0.05) is 13.1 Å². The van der Waals surface area contributed by atoms with Crippen molar-refractivity contribution in [3.8, 4) is 0 Å². The van der Waals surface area contributed by atoms with E-state index < -0.39 is 5.97 Å². The Hall–Kier alpha value is -1.50. The smallest absolute Gasteiger partial charge is 0.306 e. The molecule has 2 heterocycles. The second kappa shape index (κ2) is 5.02. The third kappa shape index (κ3) is 2.54. The lowest BCUT2D eigenvalue weighted by molar-refractivity contribution is -0.142. The number of nitrogens with zero attached hydrogens (tertiary/aromatic N) is 3. The maximum atomic E-state index is 10.7. The summed E-state index contributed by atoms with van der Waals surface area (Å²) in [5.41, 5.74) is 5.39. The molecule has 7 nitrogen and oxygen atoms in total. The molecule has 16 heavy (non-hydrogen) atoms. The Morgan fingerprint density at radius 1 is 1.50 bits per heavy atom. The molecular weight excluding hydrogens is 234 g/mol. The number of anilines is 2. The lowest BCUT2D eigenvalue weighted by Crippen LogP contribution is -2.36. The third-order valence-corrected chi connectivity index (χ3v) is 2.63. The Morgan fingerprint density at radius 3 is 2.56 bits per heavy atom. The van der Waals surface area contributed by atoms with Crippen LogP contribution in [0.4, 0.5) is 11.9 Å². The normalized spacial score (nSPS) is 16.9. The predicted molar refractivity (Wildman–Crippen MR) is 60.6 cm³/mol. The van der Waals surface area contributed by atoms with E-state index in [0.29, 0.717) is 31.9 Å². The molecule has 2 rings (SSSR count). The van der Waals surface area contributed by atoms with Crippen LogP contribution in [-0.2, 0) is 4.79 Å². The molecule has 0 atom stereocenters. The van der Waals surface area contributed by atoms with Crippen molar-refractivity contribution in [2.75, 3.05) is 23.7 Å². The highest BCUT2D eigenvalue weighted by Crippen LogP contribution is 2.20. The standard InChI is InChI=1S/C8H13N5O2.ClH/c9-7-10-8(12-11-7)13-3-1-5(2-4-13)6(14)15;/h5H,1-4H2,(H,14,15)(H3,9,10,11,12);1H. The van der Waals surface area contributed by atoms with E-state index >= 15 is 0 Å². The molecule has 0 aliphatic carbocycles. The predicted octanol–water partition coefficient (Wildman–Crippen LogP) is 0.110. The summed E-state index contributed by atoms with van der Waals surface area (Å²) in [5.74, 6) is -0.116. The second-order valence-electron chi connectivity index (χ2n) is 3.62. The number of carboxylic acids is 1. The average molecular weight is 248 g/mol. The molecule has 1 aromatic heterocycles. The van der Waals surface area contributed by atoms with E-state index in [1.165, 1.54) is 0 Å². The van der Waals surface area contributed by atoms with Crippen LogP contribution in [0.1, 0.15) is 12.8 Å². The first-order valence-electron chi connectivity index (χ1n) is 4.82. The van der Waals surface area contributed by atoms with Crippen LogP contribution in [0, 0.1) is 5.92 Å². The van der Waals surface area contributed by atoms with Crippen molar-refractivity contribution in [2.24, 2.45) is 5.92 Å². The minimum atomic E-state index is -0.716. The van der Waals surface area contributed by atoms with Gasteiger partial charge in [0.05, 0.1) is 5.92 Å². The van der Waals surface area contributed by atoms with Crippen molar-refractivity contribution in [3.05, 3.63) is 0 Å². The van der Waals surface area contributed by atoms with Crippen LogP contribution in [0.5, 0.6) is 0 Å². The van der Waals surface area contributed by atoms with Crippen molar-refractivity contribution in [2.45, 2.75) is 12.8 Å². The van der Waals surface area contributed by atoms with Gasteiger partial charge in [0.25, 0.3) is 0 Å². The molecule has 1 aromatic rings. The molecule has 1 aliphatic rings. The van der Waals surface area contributed by atoms with Crippen molar-refractivity contribution < 1.29 is 9.90 Å². The first kappa shape index (κ1) is 12.6. The molecule has 0 spiro atoms. The fraction of sp³-hybridized carbons (Fsp3) is 0.625. The van der Waals surface area contributed by atoms with E-state index in [1.54, 1.807) is 0 Å². The number of H-pyrrole nitrogens is 1. The van der Waals surface area contributed by atoms with Crippen LogP contribution in [-0.4, -0.2) is 39.3 Å². The van der Waals surface area contributed by atoms with Crippen LogP contribution in [0.15, 0.2) is 0 Å². The minimum Gasteiger partial charge on any atom is -0.481 e. The van der Waals surface area contributed by atoms with E-state index in [-0.39, 0.29) is 24.3 Å². The van der Waals surface area contributed by atoms with Gasteiger partial charge in [-0.15, -0.1) is 17.5 Å². The highest BCUT2D eigenvalue weighted by Gasteiger charge is 2.25. The Kier molecular flexibility index (Phi) is 3.94. The molecule has 4 N–H and O–H groups in total. The molecule has 1 aliphatic heterocycles. The zero-order valence-electron chi connectivity index (χ0n) is 8.59. The van der Waals surface area contributed by atoms with Crippen molar-refractivity contribution in [1.29, 1.82) is 0 Å². The Balaban J connectivity index is 0.00000128. The number of aromatic nitrogens is 3. The molecule has 0 amide bonds. The summed E-state index contributed by atoms with van der Waals surface area (Å²) < 4.78 is 0. The maximum absolute atomic E-state index is 10.7. The number of halogens is 1. The number of carboxylic acid groups (broad SMARTS) is 1. The van der Waals surface area contributed by atoms with Crippen LogP contribution >= 0.6 is 12.4 Å². The molecule has 0 saturated carbocycles. The zero-order chi connectivity index (χ0) is 10.8. The Morgan fingerprint density at radius 2 is 2.12 bits per heavy atom. The summed E-state index contributed by atoms with van der Waals surface area (Å²) >= 11 is 0. The number of carbonyl (C=O) groups is 1. The number of hydrogen-bond donors (Lipinski definition) is 3. The SMILES string of the molecule is Cl.Nc1n[nH]c(N2CCC(C(=O)O)CC2)n1. The van der Waals surface area contributed by atoms with Crippen LogP contribution in [0.3, 0.4) is 0 Å². The van der Waals surface area contributed by atoms with Crippen molar-refractivity contribution in [3.63, 3.8) is 0 Å².